The van der Waals surface area contributed by atoms with Gasteiger partial charge in [0.1, 0.15) is 5.76 Å². The molecule has 0 aromatic carbocycles. The summed E-state index contributed by atoms with van der Waals surface area (Å²) in [6, 6.07) is 3.72. The van der Waals surface area contributed by atoms with Gasteiger partial charge in [-0.2, -0.15) is 0 Å². The number of ether oxygens (including phenoxy) is 2. The summed E-state index contributed by atoms with van der Waals surface area (Å²) in [6.45, 7) is 5.99. The van der Waals surface area contributed by atoms with Crippen molar-refractivity contribution in [1.29, 1.82) is 0 Å². The lowest BCUT2D eigenvalue weighted by atomic mass is 10.1. The fourth-order valence-corrected chi connectivity index (χ4v) is 4.07. The zero-order chi connectivity index (χ0) is 17.1. The van der Waals surface area contributed by atoms with Crippen LogP contribution in [0.2, 0.25) is 0 Å². The van der Waals surface area contributed by atoms with Crippen LogP contribution in [0.1, 0.15) is 42.0 Å². The molecule has 3 saturated heterocycles. The Labute approximate surface area is 149 Å². The molecule has 3 fully saturated rings. The van der Waals surface area contributed by atoms with Crippen LogP contribution in [0.15, 0.2) is 16.5 Å². The zero-order valence-electron chi connectivity index (χ0n) is 14.8. The Morgan fingerprint density at radius 1 is 1.04 bits per heavy atom. The molecule has 138 valence electrons. The Hall–Kier alpha value is -1.37. The first-order valence-corrected chi connectivity index (χ1v) is 9.61. The molecular formula is C19H28N2O4. The van der Waals surface area contributed by atoms with E-state index in [0.29, 0.717) is 38.2 Å². The first-order chi connectivity index (χ1) is 12.3. The monoisotopic (exact) mass is 348 g/mol. The summed E-state index contributed by atoms with van der Waals surface area (Å²) in [4.78, 5) is 16.7. The maximum Gasteiger partial charge on any atom is 0.289 e. The fraction of sp³-hybridized carbons (Fsp3) is 0.737. The van der Waals surface area contributed by atoms with Gasteiger partial charge < -0.3 is 23.7 Å². The molecule has 4 heterocycles. The molecule has 6 nitrogen and oxygen atoms in total. The van der Waals surface area contributed by atoms with Crippen molar-refractivity contribution >= 4 is 5.91 Å². The van der Waals surface area contributed by atoms with Crippen LogP contribution in [-0.2, 0) is 15.9 Å². The maximum atomic E-state index is 12.4. The number of rotatable bonds is 5. The molecule has 0 aliphatic carbocycles. The molecule has 4 rings (SSSR count). The van der Waals surface area contributed by atoms with Crippen LogP contribution < -0.4 is 0 Å². The molecule has 6 heteroatoms. The second-order valence-corrected chi connectivity index (χ2v) is 7.34. The van der Waals surface area contributed by atoms with Crippen LogP contribution in [0.3, 0.4) is 0 Å². The van der Waals surface area contributed by atoms with E-state index >= 15 is 0 Å². The smallest absolute Gasteiger partial charge is 0.289 e. The number of hydrogen-bond donors (Lipinski definition) is 0. The van der Waals surface area contributed by atoms with Gasteiger partial charge in [0.05, 0.1) is 25.4 Å². The number of morpholine rings is 1. The number of likely N-dealkylation sites (tertiary alicyclic amines) is 1. The minimum atomic E-state index is -0.0335. The highest BCUT2D eigenvalue weighted by molar-refractivity contribution is 5.91. The van der Waals surface area contributed by atoms with Crippen molar-refractivity contribution in [3.8, 4) is 0 Å². The van der Waals surface area contributed by atoms with E-state index in [9.17, 15) is 4.79 Å². The van der Waals surface area contributed by atoms with Crippen molar-refractivity contribution in [3.63, 3.8) is 0 Å². The number of furan rings is 1. The Morgan fingerprint density at radius 3 is 2.60 bits per heavy atom. The summed E-state index contributed by atoms with van der Waals surface area (Å²) >= 11 is 0. The molecule has 0 bridgehead atoms. The van der Waals surface area contributed by atoms with E-state index in [4.69, 9.17) is 13.9 Å². The Morgan fingerprint density at radius 2 is 1.80 bits per heavy atom. The molecule has 1 aromatic heterocycles. The predicted octanol–water partition coefficient (Wildman–Crippen LogP) is 1.94. The number of carbonyl (C=O) groups is 1. The molecule has 0 N–H and O–H groups in total. The van der Waals surface area contributed by atoms with Gasteiger partial charge in [-0.15, -0.1) is 0 Å². The summed E-state index contributed by atoms with van der Waals surface area (Å²) in [5.41, 5.74) is 0. The molecule has 1 aromatic rings. The van der Waals surface area contributed by atoms with Gasteiger partial charge in [0.15, 0.2) is 5.76 Å². The summed E-state index contributed by atoms with van der Waals surface area (Å²) < 4.78 is 17.3. The van der Waals surface area contributed by atoms with Gasteiger partial charge in [0.2, 0.25) is 0 Å². The third-order valence-electron chi connectivity index (χ3n) is 5.46. The van der Waals surface area contributed by atoms with Gasteiger partial charge in [-0.1, -0.05) is 0 Å². The highest BCUT2D eigenvalue weighted by Gasteiger charge is 2.29. The van der Waals surface area contributed by atoms with Crippen molar-refractivity contribution in [3.05, 3.63) is 23.7 Å². The Balaban J connectivity index is 1.27. The van der Waals surface area contributed by atoms with Gasteiger partial charge in [-0.3, -0.25) is 4.79 Å². The van der Waals surface area contributed by atoms with E-state index < -0.39 is 0 Å². The summed E-state index contributed by atoms with van der Waals surface area (Å²) in [6.07, 6.45) is 6.17. The van der Waals surface area contributed by atoms with Gasteiger partial charge in [0.25, 0.3) is 5.91 Å². The zero-order valence-corrected chi connectivity index (χ0v) is 14.8. The normalized spacial score (nSPS) is 27.9. The molecule has 25 heavy (non-hydrogen) atoms. The van der Waals surface area contributed by atoms with E-state index in [1.54, 1.807) is 11.0 Å². The van der Waals surface area contributed by atoms with Crippen LogP contribution in [-0.4, -0.2) is 73.9 Å². The Kier molecular flexibility index (Phi) is 5.39. The lowest BCUT2D eigenvalue weighted by molar-refractivity contribution is 0.0236. The summed E-state index contributed by atoms with van der Waals surface area (Å²) in [5.74, 6) is 1.25. The van der Waals surface area contributed by atoms with Gasteiger partial charge in [-0.05, 0) is 50.9 Å². The molecule has 1 amide bonds. The van der Waals surface area contributed by atoms with Crippen LogP contribution in [0.4, 0.5) is 0 Å². The lowest BCUT2D eigenvalue weighted by Gasteiger charge is -2.25. The van der Waals surface area contributed by atoms with Gasteiger partial charge in [0, 0.05) is 26.1 Å². The molecular weight excluding hydrogens is 320 g/mol. The quantitative estimate of drug-likeness (QED) is 0.814. The molecule has 3 aliphatic rings. The number of hydrogen-bond acceptors (Lipinski definition) is 5. The van der Waals surface area contributed by atoms with Crippen molar-refractivity contribution in [2.45, 2.75) is 44.3 Å². The second kappa shape index (κ2) is 7.89. The number of amides is 1. The molecule has 0 radical (unpaired) electrons. The third kappa shape index (κ3) is 4.25. The summed E-state index contributed by atoms with van der Waals surface area (Å²) in [5, 5.41) is 0. The highest BCUT2D eigenvalue weighted by Crippen LogP contribution is 2.25. The molecule has 0 saturated carbocycles. The van der Waals surface area contributed by atoms with E-state index in [1.807, 2.05) is 6.07 Å². The van der Waals surface area contributed by atoms with Gasteiger partial charge >= 0.3 is 0 Å². The largest absolute Gasteiger partial charge is 0.456 e. The van der Waals surface area contributed by atoms with Crippen molar-refractivity contribution in [2.75, 3.05) is 45.9 Å². The number of nitrogens with zero attached hydrogens (tertiary/aromatic N) is 2. The van der Waals surface area contributed by atoms with Crippen molar-refractivity contribution < 1.29 is 18.7 Å². The standard InChI is InChI=1S/C19H28N2O4/c22-19(21-9-11-23-12-10-21)18-6-5-16(25-18)13-15-3-4-17(24-15)14-20-7-1-2-8-20/h5-6,15,17H,1-4,7-14H2/t15-,17+/m0/s1. The lowest BCUT2D eigenvalue weighted by Crippen LogP contribution is -2.40. The average molecular weight is 348 g/mol. The average Bonchev–Trinajstić information content (AvgIpc) is 3.39. The first kappa shape index (κ1) is 17.1. The molecule has 0 spiro atoms. The predicted molar refractivity (Wildman–Crippen MR) is 92.7 cm³/mol. The van der Waals surface area contributed by atoms with Crippen LogP contribution in [0.25, 0.3) is 0 Å². The molecule has 2 atom stereocenters. The SMILES string of the molecule is O=C(c1ccc(C[C@@H]2CC[C@H](CN3CCCC3)O2)o1)N1CCOCC1. The topological polar surface area (TPSA) is 55.2 Å². The van der Waals surface area contributed by atoms with Crippen LogP contribution in [0, 0.1) is 0 Å². The minimum Gasteiger partial charge on any atom is -0.456 e. The highest BCUT2D eigenvalue weighted by atomic mass is 16.5. The molecule has 3 aliphatic heterocycles. The fourth-order valence-electron chi connectivity index (χ4n) is 4.07. The summed E-state index contributed by atoms with van der Waals surface area (Å²) in [7, 11) is 0. The van der Waals surface area contributed by atoms with Gasteiger partial charge in [-0.25, -0.2) is 0 Å². The second-order valence-electron chi connectivity index (χ2n) is 7.34. The first-order valence-electron chi connectivity index (χ1n) is 9.61. The van der Waals surface area contributed by atoms with Crippen molar-refractivity contribution in [2.24, 2.45) is 0 Å². The number of carbonyl (C=O) groups excluding carboxylic acids is 1. The van der Waals surface area contributed by atoms with Crippen LogP contribution in [0.5, 0.6) is 0 Å². The maximum absolute atomic E-state index is 12.4. The van der Waals surface area contributed by atoms with Crippen LogP contribution >= 0.6 is 0 Å². The van der Waals surface area contributed by atoms with Crippen molar-refractivity contribution in [1.82, 2.24) is 9.80 Å². The van der Waals surface area contributed by atoms with E-state index in [0.717, 1.165) is 31.6 Å². The third-order valence-corrected chi connectivity index (χ3v) is 5.46. The van der Waals surface area contributed by atoms with E-state index in [2.05, 4.69) is 4.90 Å². The van der Waals surface area contributed by atoms with E-state index in [-0.39, 0.29) is 12.0 Å². The minimum absolute atomic E-state index is 0.0335. The van der Waals surface area contributed by atoms with E-state index in [1.165, 1.54) is 25.9 Å². The Bertz CT molecular complexity index is 576. The molecule has 0 unspecified atom stereocenters.